The Hall–Kier alpha value is 0.0700. The smallest absolute Gasteiger partial charge is 0.0595 e. The summed E-state index contributed by atoms with van der Waals surface area (Å²) in [7, 11) is 2.21. The Morgan fingerprint density at radius 3 is 2.85 bits per heavy atom. The topological polar surface area (TPSA) is 15.3 Å². The van der Waals surface area contributed by atoms with Gasteiger partial charge in [0.05, 0.1) is 10.0 Å². The molecule has 1 aliphatic rings. The predicted molar refractivity (Wildman–Crippen MR) is 91.2 cm³/mol. The number of halogens is 2. The molecule has 0 spiro atoms. The van der Waals surface area contributed by atoms with Crippen molar-refractivity contribution in [1.82, 2.24) is 10.2 Å². The highest BCUT2D eigenvalue weighted by atomic mass is 35.5. The average molecular weight is 333 g/mol. The molecule has 2 unspecified atom stereocenters. The summed E-state index contributed by atoms with van der Waals surface area (Å²) in [5.74, 6) is 2.37. The van der Waals surface area contributed by atoms with Crippen LogP contribution in [0.5, 0.6) is 0 Å². The minimum Gasteiger partial charge on any atom is -0.309 e. The lowest BCUT2D eigenvalue weighted by Crippen LogP contribution is -2.48. The first-order valence-corrected chi connectivity index (χ1v) is 9.01. The fourth-order valence-electron chi connectivity index (χ4n) is 2.54. The van der Waals surface area contributed by atoms with Gasteiger partial charge in [-0.05, 0) is 37.7 Å². The van der Waals surface area contributed by atoms with Gasteiger partial charge in [-0.1, -0.05) is 36.2 Å². The van der Waals surface area contributed by atoms with Gasteiger partial charge in [-0.25, -0.2) is 0 Å². The predicted octanol–water partition coefficient (Wildman–Crippen LogP) is 4.08. The lowest BCUT2D eigenvalue weighted by atomic mass is 9.99. The molecule has 2 atom stereocenters. The van der Waals surface area contributed by atoms with Crippen molar-refractivity contribution in [3.63, 3.8) is 0 Å². The maximum atomic E-state index is 6.19. The standard InChI is InChI=1S/C15H22Cl2N2S/c1-3-6-18-15(14-10-20-8-7-19(14)2)11-4-5-12(16)13(17)9-11/h4-5,9,14-15,18H,3,6-8,10H2,1-2H3. The lowest BCUT2D eigenvalue weighted by Gasteiger charge is -2.38. The van der Waals surface area contributed by atoms with Crippen LogP contribution in [-0.4, -0.2) is 42.6 Å². The fraction of sp³-hybridized carbons (Fsp3) is 0.600. The molecule has 1 N–H and O–H groups in total. The van der Waals surface area contributed by atoms with Crippen molar-refractivity contribution in [1.29, 1.82) is 0 Å². The van der Waals surface area contributed by atoms with E-state index in [4.69, 9.17) is 23.2 Å². The molecule has 1 aromatic rings. The number of hydrogen-bond acceptors (Lipinski definition) is 3. The Bertz CT molecular complexity index is 442. The van der Waals surface area contributed by atoms with Crippen LogP contribution >= 0.6 is 35.0 Å². The molecule has 0 saturated carbocycles. The van der Waals surface area contributed by atoms with E-state index < -0.39 is 0 Å². The van der Waals surface area contributed by atoms with Gasteiger partial charge in [0.15, 0.2) is 0 Å². The van der Waals surface area contributed by atoms with Crippen LogP contribution in [-0.2, 0) is 0 Å². The minimum absolute atomic E-state index is 0.308. The Labute approximate surface area is 136 Å². The number of benzene rings is 1. The van der Waals surface area contributed by atoms with Gasteiger partial charge in [-0.15, -0.1) is 0 Å². The van der Waals surface area contributed by atoms with Gasteiger partial charge in [0.25, 0.3) is 0 Å². The van der Waals surface area contributed by atoms with Crippen LogP contribution in [0.3, 0.4) is 0 Å². The molecule has 0 amide bonds. The first-order chi connectivity index (χ1) is 9.63. The molecule has 0 aliphatic carbocycles. The zero-order valence-electron chi connectivity index (χ0n) is 12.0. The number of rotatable bonds is 5. The molecule has 1 heterocycles. The monoisotopic (exact) mass is 332 g/mol. The molecule has 112 valence electrons. The van der Waals surface area contributed by atoms with Crippen molar-refractivity contribution in [2.24, 2.45) is 0 Å². The minimum atomic E-state index is 0.308. The zero-order valence-corrected chi connectivity index (χ0v) is 14.4. The second-order valence-corrected chi connectivity index (χ2v) is 7.19. The Morgan fingerprint density at radius 1 is 1.40 bits per heavy atom. The highest BCUT2D eigenvalue weighted by molar-refractivity contribution is 7.99. The molecule has 2 rings (SSSR count). The van der Waals surface area contributed by atoms with Crippen LogP contribution < -0.4 is 5.32 Å². The summed E-state index contributed by atoms with van der Waals surface area (Å²) in [6.45, 7) is 4.35. The van der Waals surface area contributed by atoms with Crippen molar-refractivity contribution in [2.45, 2.75) is 25.4 Å². The quantitative estimate of drug-likeness (QED) is 0.874. The largest absolute Gasteiger partial charge is 0.309 e. The first-order valence-electron chi connectivity index (χ1n) is 7.09. The molecular weight excluding hydrogens is 311 g/mol. The van der Waals surface area contributed by atoms with Crippen LogP contribution in [0.25, 0.3) is 0 Å². The highest BCUT2D eigenvalue weighted by Crippen LogP contribution is 2.31. The van der Waals surface area contributed by atoms with Gasteiger partial charge in [-0.2, -0.15) is 11.8 Å². The second kappa shape index (κ2) is 7.90. The van der Waals surface area contributed by atoms with Gasteiger partial charge < -0.3 is 5.32 Å². The molecular formula is C15H22Cl2N2S. The summed E-state index contributed by atoms with van der Waals surface area (Å²) in [6.07, 6.45) is 1.13. The van der Waals surface area contributed by atoms with Crippen molar-refractivity contribution < 1.29 is 0 Å². The molecule has 5 heteroatoms. The number of thioether (sulfide) groups is 1. The first kappa shape index (κ1) is 16.4. The third-order valence-electron chi connectivity index (χ3n) is 3.74. The number of likely N-dealkylation sites (N-methyl/N-ethyl adjacent to an activating group) is 1. The summed E-state index contributed by atoms with van der Waals surface area (Å²) in [5, 5.41) is 4.93. The third-order valence-corrected chi connectivity index (χ3v) is 5.53. The van der Waals surface area contributed by atoms with Crippen LogP contribution in [0.4, 0.5) is 0 Å². The van der Waals surface area contributed by atoms with Gasteiger partial charge in [0.1, 0.15) is 0 Å². The molecule has 1 fully saturated rings. The molecule has 2 nitrogen and oxygen atoms in total. The van der Waals surface area contributed by atoms with Crippen LogP contribution in [0, 0.1) is 0 Å². The van der Waals surface area contributed by atoms with Gasteiger partial charge >= 0.3 is 0 Å². The van der Waals surface area contributed by atoms with E-state index in [2.05, 4.69) is 30.3 Å². The third kappa shape index (κ3) is 4.05. The molecule has 0 aromatic heterocycles. The maximum Gasteiger partial charge on any atom is 0.0595 e. The van der Waals surface area contributed by atoms with Crippen LogP contribution in [0.2, 0.25) is 10.0 Å². The van der Waals surface area contributed by atoms with E-state index >= 15 is 0 Å². The van der Waals surface area contributed by atoms with E-state index in [-0.39, 0.29) is 0 Å². The average Bonchev–Trinajstić information content (AvgIpc) is 2.44. The van der Waals surface area contributed by atoms with Gasteiger partial charge in [-0.3, -0.25) is 4.90 Å². The van der Waals surface area contributed by atoms with Crippen molar-refractivity contribution in [3.05, 3.63) is 33.8 Å². The van der Waals surface area contributed by atoms with E-state index in [9.17, 15) is 0 Å². The van der Waals surface area contributed by atoms with E-state index in [0.717, 1.165) is 25.3 Å². The summed E-state index contributed by atoms with van der Waals surface area (Å²) >= 11 is 14.3. The maximum absolute atomic E-state index is 6.19. The Kier molecular flexibility index (Phi) is 6.50. The van der Waals surface area contributed by atoms with E-state index in [1.165, 1.54) is 11.3 Å². The molecule has 1 saturated heterocycles. The number of nitrogens with one attached hydrogen (secondary N) is 1. The number of nitrogens with zero attached hydrogens (tertiary/aromatic N) is 1. The zero-order chi connectivity index (χ0) is 14.5. The van der Waals surface area contributed by atoms with Gasteiger partial charge in [0.2, 0.25) is 0 Å². The second-order valence-electron chi connectivity index (χ2n) is 5.23. The molecule has 20 heavy (non-hydrogen) atoms. The van der Waals surface area contributed by atoms with E-state index in [1.807, 2.05) is 23.9 Å². The molecule has 0 radical (unpaired) electrons. The van der Waals surface area contributed by atoms with Crippen LogP contribution in [0.15, 0.2) is 18.2 Å². The Balaban J connectivity index is 2.23. The van der Waals surface area contributed by atoms with Crippen LogP contribution in [0.1, 0.15) is 24.9 Å². The summed E-state index contributed by atoms with van der Waals surface area (Å²) < 4.78 is 0. The summed E-state index contributed by atoms with van der Waals surface area (Å²) in [5.41, 5.74) is 1.23. The summed E-state index contributed by atoms with van der Waals surface area (Å²) in [6, 6.07) is 6.80. The van der Waals surface area contributed by atoms with Gasteiger partial charge in [0, 0.05) is 30.1 Å². The fourth-order valence-corrected chi connectivity index (χ4v) is 4.12. The lowest BCUT2D eigenvalue weighted by molar-refractivity contribution is 0.216. The summed E-state index contributed by atoms with van der Waals surface area (Å²) in [4.78, 5) is 2.45. The SMILES string of the molecule is CCCNC(c1ccc(Cl)c(Cl)c1)C1CSCCN1C. The van der Waals surface area contributed by atoms with Crippen molar-refractivity contribution in [3.8, 4) is 0 Å². The normalized spacial score (nSPS) is 21.9. The van der Waals surface area contributed by atoms with Crippen molar-refractivity contribution in [2.75, 3.05) is 31.6 Å². The Morgan fingerprint density at radius 2 is 2.20 bits per heavy atom. The van der Waals surface area contributed by atoms with E-state index in [1.54, 1.807) is 0 Å². The molecule has 0 bridgehead atoms. The van der Waals surface area contributed by atoms with E-state index in [0.29, 0.717) is 22.1 Å². The molecule has 1 aliphatic heterocycles. The highest BCUT2D eigenvalue weighted by Gasteiger charge is 2.29. The van der Waals surface area contributed by atoms with Crippen molar-refractivity contribution >= 4 is 35.0 Å². The number of hydrogen-bond donors (Lipinski definition) is 1. The molecule has 1 aromatic carbocycles.